The van der Waals surface area contributed by atoms with Gasteiger partial charge < -0.3 is 20.9 Å². The van der Waals surface area contributed by atoms with E-state index in [1.54, 1.807) is 17.0 Å². The van der Waals surface area contributed by atoms with Crippen molar-refractivity contribution < 1.29 is 18.0 Å². The molecule has 1 saturated heterocycles. The van der Waals surface area contributed by atoms with Gasteiger partial charge in [0.2, 0.25) is 21.8 Å². The van der Waals surface area contributed by atoms with Crippen molar-refractivity contribution in [3.05, 3.63) is 114 Å². The fourth-order valence-electron chi connectivity index (χ4n) is 7.36. The number of likely N-dealkylation sites (tertiary alicyclic amines) is 1. The van der Waals surface area contributed by atoms with Crippen molar-refractivity contribution in [2.24, 2.45) is 22.6 Å². The van der Waals surface area contributed by atoms with E-state index in [1.807, 2.05) is 66.7 Å². The second kappa shape index (κ2) is 19.8. The number of carbonyl (C=O) groups excluding carboxylic acids is 2. The zero-order valence-corrected chi connectivity index (χ0v) is 33.6. The topological polar surface area (TPSA) is 137 Å². The first-order chi connectivity index (χ1) is 26.4. The van der Waals surface area contributed by atoms with Crippen LogP contribution in [0, 0.1) is 18.8 Å². The van der Waals surface area contributed by atoms with Crippen LogP contribution in [0.2, 0.25) is 0 Å². The van der Waals surface area contributed by atoms with Crippen LogP contribution in [-0.4, -0.2) is 88.2 Å². The van der Waals surface area contributed by atoms with Crippen LogP contribution in [-0.2, 0) is 26.0 Å². The number of amidine groups is 1. The van der Waals surface area contributed by atoms with Crippen LogP contribution in [0.5, 0.6) is 0 Å². The van der Waals surface area contributed by atoms with Gasteiger partial charge in [-0.05, 0) is 107 Å². The summed E-state index contributed by atoms with van der Waals surface area (Å²) in [7, 11) is 0.272. The molecule has 1 aliphatic carbocycles. The van der Waals surface area contributed by atoms with Gasteiger partial charge in [-0.3, -0.25) is 14.6 Å². The molecule has 1 saturated carbocycles. The SMILES string of the molecule is C[C@@H](NS(=O)(=O)c1ccc2ccccc2c1)C(=O)N[C@H](Cc1ccc(C(N)=NCC2CCC(CN(C)C)CC2)cc1)C(=O)N1CCCC1.Cc1ccccc1. The van der Waals surface area contributed by atoms with Gasteiger partial charge in [0, 0.05) is 38.2 Å². The zero-order valence-electron chi connectivity index (χ0n) is 32.8. The Morgan fingerprint density at radius 2 is 1.47 bits per heavy atom. The Morgan fingerprint density at radius 1 is 0.855 bits per heavy atom. The van der Waals surface area contributed by atoms with Crippen molar-refractivity contribution in [3.8, 4) is 0 Å². The van der Waals surface area contributed by atoms with E-state index in [0.717, 1.165) is 53.7 Å². The highest BCUT2D eigenvalue weighted by Crippen LogP contribution is 2.29. The Kier molecular flexibility index (Phi) is 15.0. The molecule has 1 heterocycles. The molecule has 55 heavy (non-hydrogen) atoms. The lowest BCUT2D eigenvalue weighted by atomic mass is 9.82. The maximum atomic E-state index is 13.6. The molecule has 2 fully saturated rings. The smallest absolute Gasteiger partial charge is 0.245 e. The second-order valence-electron chi connectivity index (χ2n) is 15.4. The number of rotatable bonds is 13. The van der Waals surface area contributed by atoms with Crippen molar-refractivity contribution in [2.45, 2.75) is 75.8 Å². The van der Waals surface area contributed by atoms with E-state index in [2.05, 4.69) is 48.1 Å². The molecule has 2 aliphatic rings. The minimum absolute atomic E-state index is 0.0702. The van der Waals surface area contributed by atoms with Gasteiger partial charge in [-0.15, -0.1) is 0 Å². The number of nitrogens with one attached hydrogen (secondary N) is 2. The molecule has 0 aromatic heterocycles. The van der Waals surface area contributed by atoms with Gasteiger partial charge in [0.25, 0.3) is 0 Å². The highest BCUT2D eigenvalue weighted by molar-refractivity contribution is 7.89. The Labute approximate surface area is 327 Å². The fourth-order valence-corrected chi connectivity index (χ4v) is 8.59. The highest BCUT2D eigenvalue weighted by atomic mass is 32.2. The standard InChI is InChI=1S/C37H50N6O4S.C7H8/c1-26(41-48(46,47)33-19-18-30-8-4-5-9-32(30)23-33)36(44)40-34(37(45)43-20-6-7-21-43)22-27-14-16-31(17-15-27)35(38)39-24-28-10-12-29(13-11-28)25-42(2)3;1-7-5-3-2-4-6-7/h4-5,8-9,14-19,23,26,28-29,34,41H,6-7,10-13,20-22,24-25H2,1-3H3,(H2,38,39)(H,40,44);2-6H,1H3/t26-,28?,29?,34-;/m1./s1. The maximum absolute atomic E-state index is 13.6. The molecule has 4 aromatic carbocycles. The summed E-state index contributed by atoms with van der Waals surface area (Å²) in [5, 5.41) is 4.55. The molecule has 294 valence electrons. The quantitative estimate of drug-likeness (QED) is 0.114. The first-order valence-corrected chi connectivity index (χ1v) is 21.0. The molecule has 11 heteroatoms. The number of aliphatic imine (C=N–C) groups is 1. The molecular formula is C44H58N6O4S. The van der Waals surface area contributed by atoms with Crippen molar-refractivity contribution in [2.75, 3.05) is 40.3 Å². The first-order valence-electron chi connectivity index (χ1n) is 19.5. The lowest BCUT2D eigenvalue weighted by Crippen LogP contribution is -2.54. The number of amides is 2. The van der Waals surface area contributed by atoms with Crippen LogP contribution < -0.4 is 15.8 Å². The number of nitrogens with two attached hydrogens (primary N) is 1. The summed E-state index contributed by atoms with van der Waals surface area (Å²) in [4.78, 5) is 35.7. The number of fused-ring (bicyclic) bond motifs is 1. The third-order valence-electron chi connectivity index (χ3n) is 10.5. The second-order valence-corrected chi connectivity index (χ2v) is 17.1. The van der Waals surface area contributed by atoms with Crippen LogP contribution >= 0.6 is 0 Å². The van der Waals surface area contributed by atoms with Crippen LogP contribution in [0.15, 0.2) is 107 Å². The minimum atomic E-state index is -3.99. The summed E-state index contributed by atoms with van der Waals surface area (Å²) in [6, 6.07) is 28.3. The van der Waals surface area contributed by atoms with E-state index in [4.69, 9.17) is 10.7 Å². The van der Waals surface area contributed by atoms with Gasteiger partial charge in [-0.25, -0.2) is 8.42 Å². The average molecular weight is 767 g/mol. The van der Waals surface area contributed by atoms with Gasteiger partial charge in [0.15, 0.2) is 0 Å². The number of nitrogens with zero attached hydrogens (tertiary/aromatic N) is 3. The van der Waals surface area contributed by atoms with Gasteiger partial charge >= 0.3 is 0 Å². The summed E-state index contributed by atoms with van der Waals surface area (Å²) in [5.41, 5.74) is 9.37. The van der Waals surface area contributed by atoms with Gasteiger partial charge in [-0.2, -0.15) is 4.72 Å². The molecule has 6 rings (SSSR count). The molecule has 10 nitrogen and oxygen atoms in total. The lowest BCUT2D eigenvalue weighted by Gasteiger charge is -2.29. The van der Waals surface area contributed by atoms with Crippen molar-refractivity contribution in [1.29, 1.82) is 0 Å². The minimum Gasteiger partial charge on any atom is -0.384 e. The fraction of sp³-hybridized carbons (Fsp3) is 0.432. The number of carbonyl (C=O) groups is 2. The van der Waals surface area contributed by atoms with E-state index in [9.17, 15) is 18.0 Å². The van der Waals surface area contributed by atoms with E-state index < -0.39 is 28.0 Å². The molecule has 2 atom stereocenters. The molecule has 2 amide bonds. The largest absolute Gasteiger partial charge is 0.384 e. The summed E-state index contributed by atoms with van der Waals surface area (Å²) in [5.74, 6) is 1.08. The van der Waals surface area contributed by atoms with Crippen molar-refractivity contribution in [3.63, 3.8) is 0 Å². The number of hydrogen-bond acceptors (Lipinski definition) is 6. The molecular weight excluding hydrogens is 709 g/mol. The highest BCUT2D eigenvalue weighted by Gasteiger charge is 2.31. The third kappa shape index (κ3) is 12.5. The average Bonchev–Trinajstić information content (AvgIpc) is 3.73. The number of sulfonamides is 1. The molecule has 4 N–H and O–H groups in total. The predicted molar refractivity (Wildman–Crippen MR) is 222 cm³/mol. The van der Waals surface area contributed by atoms with Crippen LogP contribution in [0.25, 0.3) is 10.8 Å². The van der Waals surface area contributed by atoms with Crippen LogP contribution in [0.4, 0.5) is 0 Å². The van der Waals surface area contributed by atoms with E-state index in [1.165, 1.54) is 44.2 Å². The van der Waals surface area contributed by atoms with Gasteiger partial charge in [0.1, 0.15) is 11.9 Å². The maximum Gasteiger partial charge on any atom is 0.245 e. The number of benzene rings is 4. The van der Waals surface area contributed by atoms with Gasteiger partial charge in [-0.1, -0.05) is 90.5 Å². The molecule has 0 bridgehead atoms. The Bertz CT molecular complexity index is 1990. The zero-order chi connectivity index (χ0) is 39.4. The van der Waals surface area contributed by atoms with Crippen LogP contribution in [0.3, 0.4) is 0 Å². The molecule has 0 unspecified atom stereocenters. The summed E-state index contributed by atoms with van der Waals surface area (Å²) in [6.07, 6.45) is 6.91. The predicted octanol–water partition coefficient (Wildman–Crippen LogP) is 5.92. The monoisotopic (exact) mass is 766 g/mol. The van der Waals surface area contributed by atoms with E-state index in [0.29, 0.717) is 24.8 Å². The Balaban J connectivity index is 0.000000745. The third-order valence-corrected chi connectivity index (χ3v) is 12.1. The molecule has 0 spiro atoms. The molecule has 4 aromatic rings. The summed E-state index contributed by atoms with van der Waals surface area (Å²) in [6.45, 7) is 6.71. The van der Waals surface area contributed by atoms with Crippen molar-refractivity contribution in [1.82, 2.24) is 19.8 Å². The number of hydrogen-bond donors (Lipinski definition) is 3. The first kappa shape index (κ1) is 41.6. The molecule has 0 radical (unpaired) electrons. The van der Waals surface area contributed by atoms with Crippen molar-refractivity contribution >= 4 is 38.4 Å². The van der Waals surface area contributed by atoms with Gasteiger partial charge in [0.05, 0.1) is 10.9 Å². The lowest BCUT2D eigenvalue weighted by molar-refractivity contribution is -0.135. The Morgan fingerprint density at radius 3 is 2.09 bits per heavy atom. The van der Waals surface area contributed by atoms with E-state index >= 15 is 0 Å². The number of aryl methyl sites for hydroxylation is 1. The molecule has 1 aliphatic heterocycles. The summed E-state index contributed by atoms with van der Waals surface area (Å²) >= 11 is 0. The summed E-state index contributed by atoms with van der Waals surface area (Å²) < 4.78 is 28.9. The van der Waals surface area contributed by atoms with Crippen LogP contribution in [0.1, 0.15) is 62.1 Å². The van der Waals surface area contributed by atoms with E-state index in [-0.39, 0.29) is 17.2 Å². The Hall–Kier alpha value is -4.58. The normalized spacial score (nSPS) is 18.7.